The minimum absolute atomic E-state index is 0.0262. The topological polar surface area (TPSA) is 78.6 Å². The Morgan fingerprint density at radius 3 is 2.91 bits per heavy atom. The van der Waals surface area contributed by atoms with Gasteiger partial charge in [0.1, 0.15) is 11.3 Å². The SMILES string of the molecule is CCOC(=O)C1=C(N)OC2=C(C(=O)CCC2)[C@H]1c1sccc1C. The number of ether oxygens (including phenoxy) is 2. The zero-order valence-electron chi connectivity index (χ0n) is 13.2. The maximum absolute atomic E-state index is 12.5. The molecule has 0 radical (unpaired) electrons. The van der Waals surface area contributed by atoms with Gasteiger partial charge < -0.3 is 15.2 Å². The van der Waals surface area contributed by atoms with Crippen molar-refractivity contribution in [2.24, 2.45) is 5.73 Å². The number of carbonyl (C=O) groups excluding carboxylic acids is 2. The summed E-state index contributed by atoms with van der Waals surface area (Å²) >= 11 is 1.52. The maximum atomic E-state index is 12.5. The Morgan fingerprint density at radius 1 is 1.48 bits per heavy atom. The van der Waals surface area contributed by atoms with Gasteiger partial charge in [0, 0.05) is 23.3 Å². The van der Waals surface area contributed by atoms with Crippen molar-refractivity contribution < 1.29 is 19.1 Å². The van der Waals surface area contributed by atoms with Crippen LogP contribution >= 0.6 is 11.3 Å². The number of hydrogen-bond donors (Lipinski definition) is 1. The van der Waals surface area contributed by atoms with Crippen molar-refractivity contribution in [2.45, 2.75) is 39.0 Å². The molecule has 1 atom stereocenters. The first-order valence-electron chi connectivity index (χ1n) is 7.69. The number of rotatable bonds is 3. The van der Waals surface area contributed by atoms with Crippen LogP contribution in [-0.4, -0.2) is 18.4 Å². The number of ketones is 1. The molecule has 1 aromatic rings. The number of allylic oxidation sites excluding steroid dienone is 2. The van der Waals surface area contributed by atoms with Crippen LogP contribution in [0.25, 0.3) is 0 Å². The molecule has 2 N–H and O–H groups in total. The van der Waals surface area contributed by atoms with E-state index < -0.39 is 11.9 Å². The molecule has 0 bridgehead atoms. The van der Waals surface area contributed by atoms with Gasteiger partial charge in [0.05, 0.1) is 12.5 Å². The molecule has 0 aromatic carbocycles. The van der Waals surface area contributed by atoms with Crippen LogP contribution in [0.15, 0.2) is 34.2 Å². The molecular formula is C17H19NO4S. The fourth-order valence-corrected chi connectivity index (χ4v) is 4.15. The number of hydrogen-bond acceptors (Lipinski definition) is 6. The van der Waals surface area contributed by atoms with E-state index in [1.54, 1.807) is 6.92 Å². The lowest BCUT2D eigenvalue weighted by molar-refractivity contribution is -0.139. The molecule has 1 aromatic heterocycles. The Labute approximate surface area is 138 Å². The van der Waals surface area contributed by atoms with Crippen LogP contribution in [0.3, 0.4) is 0 Å². The van der Waals surface area contributed by atoms with Crippen molar-refractivity contribution in [1.82, 2.24) is 0 Å². The molecule has 2 aliphatic rings. The monoisotopic (exact) mass is 333 g/mol. The molecule has 2 heterocycles. The van der Waals surface area contributed by atoms with Crippen LogP contribution < -0.4 is 5.73 Å². The number of Topliss-reactive ketones (excluding diaryl/α,β-unsaturated/α-hetero) is 1. The number of esters is 1. The predicted octanol–water partition coefficient (Wildman–Crippen LogP) is 2.91. The summed E-state index contributed by atoms with van der Waals surface area (Å²) in [6.07, 6.45) is 1.88. The van der Waals surface area contributed by atoms with Crippen molar-refractivity contribution in [1.29, 1.82) is 0 Å². The van der Waals surface area contributed by atoms with Gasteiger partial charge in [-0.05, 0) is 37.3 Å². The van der Waals surface area contributed by atoms with Gasteiger partial charge in [-0.15, -0.1) is 11.3 Å². The van der Waals surface area contributed by atoms with Crippen LogP contribution in [0.5, 0.6) is 0 Å². The average Bonchev–Trinajstić information content (AvgIpc) is 2.92. The first-order valence-corrected chi connectivity index (χ1v) is 8.57. The summed E-state index contributed by atoms with van der Waals surface area (Å²) in [4.78, 5) is 25.9. The Balaban J connectivity index is 2.17. The summed E-state index contributed by atoms with van der Waals surface area (Å²) in [6, 6.07) is 1.97. The van der Waals surface area contributed by atoms with E-state index in [0.717, 1.165) is 16.9 Å². The van der Waals surface area contributed by atoms with Crippen LogP contribution in [-0.2, 0) is 19.1 Å². The molecule has 0 saturated heterocycles. The minimum atomic E-state index is -0.521. The molecule has 0 fully saturated rings. The van der Waals surface area contributed by atoms with Crippen molar-refractivity contribution >= 4 is 23.1 Å². The molecule has 1 aliphatic carbocycles. The molecule has 3 rings (SSSR count). The summed E-state index contributed by atoms with van der Waals surface area (Å²) in [5.41, 5.74) is 7.86. The minimum Gasteiger partial charge on any atom is -0.462 e. The van der Waals surface area contributed by atoms with Crippen LogP contribution in [0.2, 0.25) is 0 Å². The molecule has 1 aliphatic heterocycles. The molecule has 6 heteroatoms. The van der Waals surface area contributed by atoms with Crippen LogP contribution in [0, 0.1) is 6.92 Å². The lowest BCUT2D eigenvalue weighted by Gasteiger charge is -2.32. The summed E-state index contributed by atoms with van der Waals surface area (Å²) in [7, 11) is 0. The van der Waals surface area contributed by atoms with Crippen LogP contribution in [0.4, 0.5) is 0 Å². The van der Waals surface area contributed by atoms with Crippen molar-refractivity contribution in [3.05, 3.63) is 44.7 Å². The first-order chi connectivity index (χ1) is 11.0. The highest BCUT2D eigenvalue weighted by Gasteiger charge is 2.42. The predicted molar refractivity (Wildman–Crippen MR) is 86.6 cm³/mol. The fourth-order valence-electron chi connectivity index (χ4n) is 3.11. The highest BCUT2D eigenvalue weighted by Crippen LogP contribution is 2.46. The fraction of sp³-hybridized carbons (Fsp3) is 0.412. The van der Waals surface area contributed by atoms with Gasteiger partial charge in [-0.2, -0.15) is 0 Å². The van der Waals surface area contributed by atoms with Gasteiger partial charge in [-0.25, -0.2) is 4.79 Å². The lowest BCUT2D eigenvalue weighted by Crippen LogP contribution is -2.31. The van der Waals surface area contributed by atoms with E-state index in [1.165, 1.54) is 11.3 Å². The van der Waals surface area contributed by atoms with E-state index in [1.807, 2.05) is 18.4 Å². The lowest BCUT2D eigenvalue weighted by atomic mass is 9.79. The summed E-state index contributed by atoms with van der Waals surface area (Å²) < 4.78 is 10.8. The van der Waals surface area contributed by atoms with Crippen LogP contribution in [0.1, 0.15) is 42.5 Å². The number of nitrogens with two attached hydrogens (primary N) is 1. The Kier molecular flexibility index (Phi) is 4.26. The van der Waals surface area contributed by atoms with E-state index in [9.17, 15) is 9.59 Å². The summed E-state index contributed by atoms with van der Waals surface area (Å²) in [5, 5.41) is 1.95. The molecule has 0 spiro atoms. The molecular weight excluding hydrogens is 314 g/mol. The summed E-state index contributed by atoms with van der Waals surface area (Å²) in [5.74, 6) is -0.323. The van der Waals surface area contributed by atoms with Crippen molar-refractivity contribution in [3.8, 4) is 0 Å². The smallest absolute Gasteiger partial charge is 0.340 e. The molecule has 5 nitrogen and oxygen atoms in total. The average molecular weight is 333 g/mol. The standard InChI is InChI=1S/C17H19NO4S/c1-3-21-17(20)14-13(15-9(2)7-8-23-15)12-10(19)5-4-6-11(12)22-16(14)18/h7-8,13H,3-6,18H2,1-2H3/t13-/m1/s1. The maximum Gasteiger partial charge on any atom is 0.340 e. The molecule has 122 valence electrons. The van der Waals surface area contributed by atoms with Gasteiger partial charge >= 0.3 is 5.97 Å². The normalized spacial score (nSPS) is 21.1. The molecule has 0 saturated carbocycles. The van der Waals surface area contributed by atoms with E-state index in [2.05, 4.69) is 0 Å². The second-order valence-corrected chi connectivity index (χ2v) is 6.56. The van der Waals surface area contributed by atoms with Gasteiger partial charge in [-0.1, -0.05) is 0 Å². The molecule has 23 heavy (non-hydrogen) atoms. The van der Waals surface area contributed by atoms with E-state index in [-0.39, 0.29) is 23.8 Å². The second-order valence-electron chi connectivity index (χ2n) is 5.61. The number of thiophene rings is 1. The highest BCUT2D eigenvalue weighted by molar-refractivity contribution is 7.10. The van der Waals surface area contributed by atoms with E-state index in [0.29, 0.717) is 24.2 Å². The molecule has 0 amide bonds. The molecule has 0 unspecified atom stereocenters. The third-order valence-corrected chi connectivity index (χ3v) is 5.23. The first kappa shape index (κ1) is 15.8. The van der Waals surface area contributed by atoms with Gasteiger partial charge in [0.25, 0.3) is 0 Å². The van der Waals surface area contributed by atoms with E-state index in [4.69, 9.17) is 15.2 Å². The van der Waals surface area contributed by atoms with Crippen molar-refractivity contribution in [3.63, 3.8) is 0 Å². The zero-order chi connectivity index (χ0) is 16.6. The second kappa shape index (κ2) is 6.20. The highest BCUT2D eigenvalue weighted by atomic mass is 32.1. The Hall–Kier alpha value is -2.08. The van der Waals surface area contributed by atoms with E-state index >= 15 is 0 Å². The third kappa shape index (κ3) is 2.67. The summed E-state index contributed by atoms with van der Waals surface area (Å²) in [6.45, 7) is 3.94. The van der Waals surface area contributed by atoms with Crippen molar-refractivity contribution in [2.75, 3.05) is 6.61 Å². The van der Waals surface area contributed by atoms with Gasteiger partial charge in [0.15, 0.2) is 5.78 Å². The quantitative estimate of drug-likeness (QED) is 0.861. The van der Waals surface area contributed by atoms with Gasteiger partial charge in [0.2, 0.25) is 5.88 Å². The number of aryl methyl sites for hydroxylation is 1. The zero-order valence-corrected chi connectivity index (χ0v) is 14.0. The largest absolute Gasteiger partial charge is 0.462 e. The Morgan fingerprint density at radius 2 is 2.26 bits per heavy atom. The Bertz CT molecular complexity index is 729. The third-order valence-electron chi connectivity index (χ3n) is 4.14. The number of carbonyl (C=O) groups is 2. The van der Waals surface area contributed by atoms with Gasteiger partial charge in [-0.3, -0.25) is 4.79 Å².